The lowest BCUT2D eigenvalue weighted by Gasteiger charge is -2.45. The van der Waals surface area contributed by atoms with Gasteiger partial charge in [0.25, 0.3) is 0 Å². The summed E-state index contributed by atoms with van der Waals surface area (Å²) in [5.74, 6) is 0. The zero-order valence-electron chi connectivity index (χ0n) is 12.9. The van der Waals surface area contributed by atoms with Gasteiger partial charge in [0.05, 0.1) is 5.54 Å². The van der Waals surface area contributed by atoms with Crippen molar-refractivity contribution in [2.75, 3.05) is 27.8 Å². The van der Waals surface area contributed by atoms with E-state index >= 15 is 0 Å². The van der Waals surface area contributed by atoms with E-state index in [1.165, 1.54) is 0 Å². The van der Waals surface area contributed by atoms with Crippen LogP contribution in [0, 0.1) is 0 Å². The molecule has 2 unspecified atom stereocenters. The molecule has 0 heterocycles. The molecule has 4 nitrogen and oxygen atoms in total. The Balaban J connectivity index is 3.07. The van der Waals surface area contributed by atoms with Gasteiger partial charge in [-0.3, -0.25) is 4.90 Å². The van der Waals surface area contributed by atoms with Crippen molar-refractivity contribution in [1.82, 2.24) is 4.90 Å². The van der Waals surface area contributed by atoms with E-state index < -0.39 is 11.8 Å². The first-order valence-corrected chi connectivity index (χ1v) is 7.03. The lowest BCUT2D eigenvalue weighted by molar-refractivity contribution is -0.183. The SMILES string of the molecule is COC(OC)C(C)(CN)N(C)C(C)c1ccccc1Cl. The summed E-state index contributed by atoms with van der Waals surface area (Å²) in [6.45, 7) is 4.53. The summed E-state index contributed by atoms with van der Waals surface area (Å²) in [5.41, 5.74) is 6.58. The van der Waals surface area contributed by atoms with Crippen LogP contribution in [-0.2, 0) is 9.47 Å². The Bertz CT molecular complexity index is 426. The summed E-state index contributed by atoms with van der Waals surface area (Å²) < 4.78 is 10.8. The second-order valence-electron chi connectivity index (χ2n) is 5.17. The van der Waals surface area contributed by atoms with Crippen LogP contribution in [0.15, 0.2) is 24.3 Å². The summed E-state index contributed by atoms with van der Waals surface area (Å²) >= 11 is 6.28. The summed E-state index contributed by atoms with van der Waals surface area (Å²) in [6.07, 6.45) is -0.414. The van der Waals surface area contributed by atoms with E-state index in [4.69, 9.17) is 26.8 Å². The fourth-order valence-electron chi connectivity index (χ4n) is 2.48. The molecule has 0 spiro atoms. The zero-order valence-corrected chi connectivity index (χ0v) is 13.6. The largest absolute Gasteiger partial charge is 0.354 e. The van der Waals surface area contributed by atoms with Gasteiger partial charge in [-0.2, -0.15) is 0 Å². The van der Waals surface area contributed by atoms with Crippen LogP contribution in [0.2, 0.25) is 5.02 Å². The topological polar surface area (TPSA) is 47.7 Å². The first kappa shape index (κ1) is 17.4. The minimum atomic E-state index is -0.456. The van der Waals surface area contributed by atoms with Gasteiger partial charge >= 0.3 is 0 Å². The molecule has 1 aromatic rings. The van der Waals surface area contributed by atoms with Crippen molar-refractivity contribution in [3.8, 4) is 0 Å². The van der Waals surface area contributed by atoms with Crippen molar-refractivity contribution < 1.29 is 9.47 Å². The van der Waals surface area contributed by atoms with Crippen LogP contribution < -0.4 is 5.73 Å². The lowest BCUT2D eigenvalue weighted by atomic mass is 9.95. The fourth-order valence-corrected chi connectivity index (χ4v) is 2.77. The molecule has 0 aliphatic heterocycles. The first-order chi connectivity index (χ1) is 9.42. The smallest absolute Gasteiger partial charge is 0.176 e. The molecule has 0 fully saturated rings. The molecule has 2 N–H and O–H groups in total. The fraction of sp³-hybridized carbons (Fsp3) is 0.600. The number of methoxy groups -OCH3 is 2. The second-order valence-corrected chi connectivity index (χ2v) is 5.58. The highest BCUT2D eigenvalue weighted by atomic mass is 35.5. The predicted molar refractivity (Wildman–Crippen MR) is 82.9 cm³/mol. The Kier molecular flexibility index (Phi) is 6.43. The second kappa shape index (κ2) is 7.38. The molecule has 0 amide bonds. The summed E-state index contributed by atoms with van der Waals surface area (Å²) in [6, 6.07) is 7.91. The maximum absolute atomic E-state index is 6.28. The van der Waals surface area contributed by atoms with Gasteiger partial charge in [0.1, 0.15) is 0 Å². The molecule has 0 aromatic heterocycles. The summed E-state index contributed by atoms with van der Waals surface area (Å²) in [7, 11) is 5.25. The minimum Gasteiger partial charge on any atom is -0.354 e. The van der Waals surface area contributed by atoms with Gasteiger partial charge in [-0.1, -0.05) is 29.8 Å². The molecule has 1 aromatic carbocycles. The maximum Gasteiger partial charge on any atom is 0.176 e. The Morgan fingerprint density at radius 1 is 1.30 bits per heavy atom. The van der Waals surface area contributed by atoms with E-state index in [-0.39, 0.29) is 6.04 Å². The van der Waals surface area contributed by atoms with Gasteiger partial charge in [0.15, 0.2) is 6.29 Å². The van der Waals surface area contributed by atoms with Gasteiger partial charge in [-0.05, 0) is 32.5 Å². The predicted octanol–water partition coefficient (Wildman–Crippen LogP) is 2.67. The van der Waals surface area contributed by atoms with Crippen molar-refractivity contribution >= 4 is 11.6 Å². The van der Waals surface area contributed by atoms with Gasteiger partial charge in [0.2, 0.25) is 0 Å². The van der Waals surface area contributed by atoms with E-state index in [0.717, 1.165) is 10.6 Å². The van der Waals surface area contributed by atoms with Gasteiger partial charge in [-0.15, -0.1) is 0 Å². The number of hydrogen-bond donors (Lipinski definition) is 1. The number of benzene rings is 1. The van der Waals surface area contributed by atoms with Crippen LogP contribution >= 0.6 is 11.6 Å². The van der Waals surface area contributed by atoms with E-state index in [2.05, 4.69) is 11.8 Å². The standard InChI is InChI=1S/C15H25ClN2O2/c1-11(12-8-6-7-9-13(12)16)18(3)15(2,10-17)14(19-4)20-5/h6-9,11,14H,10,17H2,1-5H3. The molecule has 0 saturated heterocycles. The van der Waals surface area contributed by atoms with Crippen molar-refractivity contribution in [2.45, 2.75) is 31.7 Å². The minimum absolute atomic E-state index is 0.0880. The number of ether oxygens (including phenoxy) is 2. The number of nitrogens with zero attached hydrogens (tertiary/aromatic N) is 1. The van der Waals surface area contributed by atoms with E-state index in [1.807, 2.05) is 38.2 Å². The maximum atomic E-state index is 6.28. The van der Waals surface area contributed by atoms with E-state index in [9.17, 15) is 0 Å². The molecule has 1 rings (SSSR count). The van der Waals surface area contributed by atoms with Gasteiger partial charge in [-0.25, -0.2) is 0 Å². The third kappa shape index (κ3) is 3.32. The monoisotopic (exact) mass is 300 g/mol. The molecule has 0 saturated carbocycles. The first-order valence-electron chi connectivity index (χ1n) is 6.65. The molecule has 0 bridgehead atoms. The van der Waals surface area contributed by atoms with E-state index in [0.29, 0.717) is 6.54 Å². The molecule has 0 aliphatic rings. The van der Waals surface area contributed by atoms with Crippen molar-refractivity contribution in [2.24, 2.45) is 5.73 Å². The van der Waals surface area contributed by atoms with Crippen LogP contribution in [0.1, 0.15) is 25.5 Å². The highest BCUT2D eigenvalue weighted by Crippen LogP contribution is 2.32. The molecule has 0 radical (unpaired) electrons. The van der Waals surface area contributed by atoms with Crippen molar-refractivity contribution in [3.05, 3.63) is 34.9 Å². The van der Waals surface area contributed by atoms with Gasteiger partial charge < -0.3 is 15.2 Å². The van der Waals surface area contributed by atoms with Crippen LogP contribution in [0.5, 0.6) is 0 Å². The van der Waals surface area contributed by atoms with Crippen molar-refractivity contribution in [1.29, 1.82) is 0 Å². The van der Waals surface area contributed by atoms with Gasteiger partial charge in [0, 0.05) is 31.8 Å². The quantitative estimate of drug-likeness (QED) is 0.787. The third-order valence-electron chi connectivity index (χ3n) is 4.09. The van der Waals surface area contributed by atoms with Crippen LogP contribution in [-0.4, -0.2) is 44.5 Å². The van der Waals surface area contributed by atoms with Crippen LogP contribution in [0.25, 0.3) is 0 Å². The number of nitrogens with two attached hydrogens (primary N) is 1. The lowest BCUT2D eigenvalue weighted by Crippen LogP contribution is -2.59. The summed E-state index contributed by atoms with van der Waals surface area (Å²) in [4.78, 5) is 2.14. The Hall–Kier alpha value is -0.650. The third-order valence-corrected chi connectivity index (χ3v) is 4.44. The molecule has 2 atom stereocenters. The molecule has 5 heteroatoms. The Labute approximate surface area is 126 Å². The highest BCUT2D eigenvalue weighted by molar-refractivity contribution is 6.31. The molecular weight excluding hydrogens is 276 g/mol. The Morgan fingerprint density at radius 2 is 1.85 bits per heavy atom. The average Bonchev–Trinajstić information content (AvgIpc) is 2.47. The highest BCUT2D eigenvalue weighted by Gasteiger charge is 2.40. The Morgan fingerprint density at radius 3 is 2.30 bits per heavy atom. The normalized spacial score (nSPS) is 16.4. The molecule has 0 aliphatic carbocycles. The number of likely N-dealkylation sites (N-methyl/N-ethyl adjacent to an activating group) is 1. The van der Waals surface area contributed by atoms with Crippen molar-refractivity contribution in [3.63, 3.8) is 0 Å². The number of rotatable bonds is 7. The average molecular weight is 301 g/mol. The zero-order chi connectivity index (χ0) is 15.3. The molecule has 20 heavy (non-hydrogen) atoms. The van der Waals surface area contributed by atoms with Crippen LogP contribution in [0.4, 0.5) is 0 Å². The molecule has 114 valence electrons. The summed E-state index contributed by atoms with van der Waals surface area (Å²) in [5, 5.41) is 0.748. The molecular formula is C15H25ClN2O2. The van der Waals surface area contributed by atoms with E-state index in [1.54, 1.807) is 14.2 Å². The number of hydrogen-bond acceptors (Lipinski definition) is 4. The van der Waals surface area contributed by atoms with Crippen LogP contribution in [0.3, 0.4) is 0 Å². The number of halogens is 1.